The van der Waals surface area contributed by atoms with Gasteiger partial charge < -0.3 is 4.74 Å². The van der Waals surface area contributed by atoms with Gasteiger partial charge in [0.2, 0.25) is 0 Å². The molecule has 0 fully saturated rings. The lowest BCUT2D eigenvalue weighted by Crippen LogP contribution is -2.15. The molecule has 118 valence electrons. The fraction of sp³-hybridized carbons (Fsp3) is 0.312. The summed E-state index contributed by atoms with van der Waals surface area (Å²) < 4.78 is 33.1. The fourth-order valence-corrected chi connectivity index (χ4v) is 3.54. The Labute approximate surface area is 131 Å². The highest BCUT2D eigenvalue weighted by atomic mass is 32.2. The summed E-state index contributed by atoms with van der Waals surface area (Å²) in [7, 11) is -2.26. The topological polar surface area (TPSA) is 68.3 Å². The Bertz CT molecular complexity index is 756. The first kappa shape index (κ1) is 16.3. The SMILES string of the molecule is COc1cc(C)c(C(C)C)cc1S(=O)(=O)Nc1ccncc1. The minimum atomic E-state index is -3.73. The Morgan fingerprint density at radius 3 is 2.36 bits per heavy atom. The van der Waals surface area contributed by atoms with Gasteiger partial charge in [0.1, 0.15) is 10.6 Å². The summed E-state index contributed by atoms with van der Waals surface area (Å²) in [5.41, 5.74) is 2.45. The van der Waals surface area contributed by atoms with Gasteiger partial charge in [-0.05, 0) is 48.2 Å². The third-order valence-corrected chi connectivity index (χ3v) is 4.80. The molecule has 0 aliphatic heterocycles. The average Bonchev–Trinajstić information content (AvgIpc) is 2.46. The van der Waals surface area contributed by atoms with E-state index in [1.165, 1.54) is 19.5 Å². The average molecular weight is 320 g/mol. The first-order valence-electron chi connectivity index (χ1n) is 6.96. The van der Waals surface area contributed by atoms with E-state index in [1.54, 1.807) is 24.3 Å². The number of nitrogens with zero attached hydrogens (tertiary/aromatic N) is 1. The first-order valence-corrected chi connectivity index (χ1v) is 8.45. The summed E-state index contributed by atoms with van der Waals surface area (Å²) in [5, 5.41) is 0. The number of hydrogen-bond acceptors (Lipinski definition) is 4. The van der Waals surface area contributed by atoms with Crippen molar-refractivity contribution in [1.82, 2.24) is 4.98 Å². The molecule has 1 aromatic carbocycles. The van der Waals surface area contributed by atoms with Gasteiger partial charge in [0.15, 0.2) is 0 Å². The van der Waals surface area contributed by atoms with Gasteiger partial charge in [0, 0.05) is 12.4 Å². The summed E-state index contributed by atoms with van der Waals surface area (Å²) in [6.45, 7) is 6.01. The molecule has 0 spiro atoms. The Kier molecular flexibility index (Phi) is 4.71. The minimum absolute atomic E-state index is 0.140. The molecular formula is C16H20N2O3S. The zero-order valence-electron chi connectivity index (χ0n) is 13.1. The number of pyridine rings is 1. The summed E-state index contributed by atoms with van der Waals surface area (Å²) >= 11 is 0. The first-order chi connectivity index (χ1) is 10.3. The Morgan fingerprint density at radius 2 is 1.82 bits per heavy atom. The van der Waals surface area contributed by atoms with E-state index < -0.39 is 10.0 Å². The maximum Gasteiger partial charge on any atom is 0.265 e. The van der Waals surface area contributed by atoms with Crippen LogP contribution in [0.2, 0.25) is 0 Å². The lowest BCUT2D eigenvalue weighted by molar-refractivity contribution is 0.402. The number of ether oxygens (including phenoxy) is 1. The molecule has 6 heteroatoms. The summed E-state index contributed by atoms with van der Waals surface area (Å²) in [6.07, 6.45) is 3.06. The second kappa shape index (κ2) is 6.36. The third kappa shape index (κ3) is 3.39. The van der Waals surface area contributed by atoms with Gasteiger partial charge >= 0.3 is 0 Å². The number of benzene rings is 1. The molecule has 5 nitrogen and oxygen atoms in total. The van der Waals surface area contributed by atoms with Crippen molar-refractivity contribution < 1.29 is 13.2 Å². The Balaban J connectivity index is 2.52. The molecule has 1 N–H and O–H groups in total. The lowest BCUT2D eigenvalue weighted by atomic mass is 9.98. The van der Waals surface area contributed by atoms with Gasteiger partial charge in [-0.25, -0.2) is 8.42 Å². The van der Waals surface area contributed by atoms with Crippen molar-refractivity contribution in [3.63, 3.8) is 0 Å². The van der Waals surface area contributed by atoms with E-state index >= 15 is 0 Å². The number of rotatable bonds is 5. The molecule has 0 bridgehead atoms. The highest BCUT2D eigenvalue weighted by molar-refractivity contribution is 7.92. The van der Waals surface area contributed by atoms with Crippen molar-refractivity contribution in [2.24, 2.45) is 0 Å². The van der Waals surface area contributed by atoms with E-state index in [2.05, 4.69) is 9.71 Å². The number of methoxy groups -OCH3 is 1. The molecule has 0 aliphatic carbocycles. The molecular weight excluding hydrogens is 300 g/mol. The number of aryl methyl sites for hydroxylation is 1. The Morgan fingerprint density at radius 1 is 1.18 bits per heavy atom. The number of aromatic nitrogens is 1. The molecule has 1 aromatic heterocycles. The molecule has 0 amide bonds. The number of sulfonamides is 1. The van der Waals surface area contributed by atoms with Crippen LogP contribution in [0.25, 0.3) is 0 Å². The smallest absolute Gasteiger partial charge is 0.265 e. The molecule has 0 saturated heterocycles. The molecule has 2 aromatic rings. The molecule has 0 atom stereocenters. The van der Waals surface area contributed by atoms with Gasteiger partial charge in [0.05, 0.1) is 12.8 Å². The van der Waals surface area contributed by atoms with Crippen molar-refractivity contribution in [3.8, 4) is 5.75 Å². The molecule has 0 unspecified atom stereocenters. The van der Waals surface area contributed by atoms with Crippen molar-refractivity contribution in [2.45, 2.75) is 31.6 Å². The van der Waals surface area contributed by atoms with Gasteiger partial charge in [-0.15, -0.1) is 0 Å². The van der Waals surface area contributed by atoms with E-state index in [0.29, 0.717) is 11.4 Å². The molecule has 0 saturated carbocycles. The van der Waals surface area contributed by atoms with Crippen LogP contribution in [-0.2, 0) is 10.0 Å². The zero-order chi connectivity index (χ0) is 16.3. The van der Waals surface area contributed by atoms with Crippen molar-refractivity contribution in [1.29, 1.82) is 0 Å². The van der Waals surface area contributed by atoms with Crippen LogP contribution >= 0.6 is 0 Å². The van der Waals surface area contributed by atoms with Crippen LogP contribution in [0.3, 0.4) is 0 Å². The maximum absolute atomic E-state index is 12.7. The van der Waals surface area contributed by atoms with E-state index in [0.717, 1.165) is 11.1 Å². The lowest BCUT2D eigenvalue weighted by Gasteiger charge is -2.16. The van der Waals surface area contributed by atoms with E-state index in [4.69, 9.17) is 4.74 Å². The van der Waals surface area contributed by atoms with E-state index in [1.807, 2.05) is 20.8 Å². The molecule has 2 rings (SSSR count). The standard InChI is InChI=1S/C16H20N2O3S/c1-11(2)14-10-16(15(21-4)9-12(14)3)22(19,20)18-13-5-7-17-8-6-13/h5-11H,1-4H3,(H,17,18). The van der Waals surface area contributed by atoms with Gasteiger partial charge in [-0.2, -0.15) is 0 Å². The predicted octanol–water partition coefficient (Wildman–Crippen LogP) is 3.32. The van der Waals surface area contributed by atoms with E-state index in [-0.39, 0.29) is 10.8 Å². The van der Waals surface area contributed by atoms with E-state index in [9.17, 15) is 8.42 Å². The van der Waals surface area contributed by atoms with Crippen molar-refractivity contribution in [3.05, 3.63) is 47.8 Å². The zero-order valence-corrected chi connectivity index (χ0v) is 13.9. The highest BCUT2D eigenvalue weighted by Gasteiger charge is 2.22. The van der Waals surface area contributed by atoms with Crippen LogP contribution in [0, 0.1) is 6.92 Å². The third-order valence-electron chi connectivity index (χ3n) is 3.40. The highest BCUT2D eigenvalue weighted by Crippen LogP contribution is 2.32. The van der Waals surface area contributed by atoms with Gasteiger partial charge in [-0.3, -0.25) is 9.71 Å². The minimum Gasteiger partial charge on any atom is -0.495 e. The van der Waals surface area contributed by atoms with Crippen LogP contribution in [0.5, 0.6) is 5.75 Å². The van der Waals surface area contributed by atoms with Crippen LogP contribution < -0.4 is 9.46 Å². The van der Waals surface area contributed by atoms with Crippen molar-refractivity contribution in [2.75, 3.05) is 11.8 Å². The fourth-order valence-electron chi connectivity index (χ4n) is 2.30. The maximum atomic E-state index is 12.7. The summed E-state index contributed by atoms with van der Waals surface area (Å²) in [5.74, 6) is 0.559. The summed E-state index contributed by atoms with van der Waals surface area (Å²) in [4.78, 5) is 4.01. The van der Waals surface area contributed by atoms with Gasteiger partial charge in [0.25, 0.3) is 10.0 Å². The van der Waals surface area contributed by atoms with Crippen LogP contribution in [-0.4, -0.2) is 20.5 Å². The molecule has 22 heavy (non-hydrogen) atoms. The second-order valence-corrected chi connectivity index (χ2v) is 7.01. The number of hydrogen-bond donors (Lipinski definition) is 1. The van der Waals surface area contributed by atoms with Crippen LogP contribution in [0.1, 0.15) is 30.9 Å². The molecule has 0 aliphatic rings. The molecule has 0 radical (unpaired) electrons. The largest absolute Gasteiger partial charge is 0.495 e. The normalized spacial score (nSPS) is 11.5. The Hall–Kier alpha value is -2.08. The monoisotopic (exact) mass is 320 g/mol. The number of nitrogens with one attached hydrogen (secondary N) is 1. The van der Waals surface area contributed by atoms with Crippen molar-refractivity contribution >= 4 is 15.7 Å². The molecule has 1 heterocycles. The summed E-state index contributed by atoms with van der Waals surface area (Å²) in [6, 6.07) is 6.64. The number of anilines is 1. The second-order valence-electron chi connectivity index (χ2n) is 5.36. The predicted molar refractivity (Wildman–Crippen MR) is 86.9 cm³/mol. The van der Waals surface area contributed by atoms with Gasteiger partial charge in [-0.1, -0.05) is 13.8 Å². The quantitative estimate of drug-likeness (QED) is 0.917. The van der Waals surface area contributed by atoms with Crippen LogP contribution in [0.4, 0.5) is 5.69 Å². The van der Waals surface area contributed by atoms with Crippen LogP contribution in [0.15, 0.2) is 41.6 Å².